The van der Waals surface area contributed by atoms with Crippen LogP contribution in [-0.2, 0) is 17.7 Å². The Morgan fingerprint density at radius 3 is 2.77 bits per heavy atom. The average Bonchev–Trinajstić information content (AvgIpc) is 3.35. The van der Waals surface area contributed by atoms with Gasteiger partial charge in [-0.05, 0) is 56.9 Å². The van der Waals surface area contributed by atoms with Crippen molar-refractivity contribution in [3.8, 4) is 0 Å². The number of hydrogen-bond acceptors (Lipinski definition) is 5. The van der Waals surface area contributed by atoms with Gasteiger partial charge < -0.3 is 0 Å². The Morgan fingerprint density at radius 1 is 1.05 bits per heavy atom. The Bertz CT molecular complexity index is 716. The molecule has 2 aliphatic carbocycles. The molecule has 2 aromatic rings. The number of anilines is 1. The quantitative estimate of drug-likeness (QED) is 0.840. The van der Waals surface area contributed by atoms with Crippen LogP contribution in [0.25, 0.3) is 10.2 Å². The standard InChI is InChI=1S/C17H21N3OS/c1-2-6-13-12(5-1)14-16(20-9-3-4-10-21-20)18-15(11-7-8-11)19-17(14)22-13/h11H,1-10H2. The summed E-state index contributed by atoms with van der Waals surface area (Å²) in [6.07, 6.45) is 9.85. The van der Waals surface area contributed by atoms with Crippen LogP contribution >= 0.6 is 11.3 Å². The van der Waals surface area contributed by atoms with E-state index in [9.17, 15) is 0 Å². The van der Waals surface area contributed by atoms with Crippen LogP contribution in [0.15, 0.2) is 0 Å². The highest BCUT2D eigenvalue weighted by atomic mass is 32.1. The first kappa shape index (κ1) is 13.3. The van der Waals surface area contributed by atoms with Gasteiger partial charge in [0.05, 0.1) is 12.0 Å². The Hall–Kier alpha value is -1.20. The maximum Gasteiger partial charge on any atom is 0.165 e. The second-order valence-corrected chi connectivity index (χ2v) is 7.80. The van der Waals surface area contributed by atoms with Gasteiger partial charge in [0, 0.05) is 17.3 Å². The van der Waals surface area contributed by atoms with Crippen LogP contribution in [-0.4, -0.2) is 23.1 Å². The van der Waals surface area contributed by atoms with E-state index in [1.807, 2.05) is 11.3 Å². The number of thiophene rings is 1. The molecule has 0 atom stereocenters. The van der Waals surface area contributed by atoms with Gasteiger partial charge >= 0.3 is 0 Å². The molecule has 0 unspecified atom stereocenters. The third kappa shape index (κ3) is 2.14. The second kappa shape index (κ2) is 5.17. The minimum Gasteiger partial charge on any atom is -0.272 e. The van der Waals surface area contributed by atoms with E-state index in [0.29, 0.717) is 5.92 Å². The molecule has 1 saturated carbocycles. The van der Waals surface area contributed by atoms with Crippen molar-refractivity contribution in [2.75, 3.05) is 18.2 Å². The molecule has 0 radical (unpaired) electrons. The molecular weight excluding hydrogens is 294 g/mol. The lowest BCUT2D eigenvalue weighted by Gasteiger charge is -2.28. The van der Waals surface area contributed by atoms with Crippen molar-refractivity contribution in [1.82, 2.24) is 9.97 Å². The first-order valence-electron chi connectivity index (χ1n) is 8.63. The summed E-state index contributed by atoms with van der Waals surface area (Å²) in [7, 11) is 0. The molecule has 3 heterocycles. The number of hydrogen-bond donors (Lipinski definition) is 0. The van der Waals surface area contributed by atoms with Crippen LogP contribution in [0.3, 0.4) is 0 Å². The summed E-state index contributed by atoms with van der Waals surface area (Å²) in [6.45, 7) is 1.78. The van der Waals surface area contributed by atoms with Crippen LogP contribution in [0.4, 0.5) is 5.82 Å². The van der Waals surface area contributed by atoms with E-state index in [1.165, 1.54) is 60.7 Å². The van der Waals surface area contributed by atoms with Crippen LogP contribution in [0.5, 0.6) is 0 Å². The molecule has 116 valence electrons. The van der Waals surface area contributed by atoms with Crippen molar-refractivity contribution >= 4 is 27.4 Å². The fraction of sp³-hybridized carbons (Fsp3) is 0.647. The zero-order chi connectivity index (χ0) is 14.5. The lowest BCUT2D eigenvalue weighted by Crippen LogP contribution is -2.31. The molecule has 2 fully saturated rings. The average molecular weight is 315 g/mol. The third-order valence-corrected chi connectivity index (χ3v) is 6.18. The SMILES string of the molecule is C1CCN(c2nc(C3CC3)nc3sc4c(c23)CCCC4)OC1. The molecule has 5 heteroatoms. The van der Waals surface area contributed by atoms with Crippen molar-refractivity contribution in [3.05, 3.63) is 16.3 Å². The van der Waals surface area contributed by atoms with Gasteiger partial charge in [0.1, 0.15) is 10.7 Å². The Balaban J connectivity index is 1.71. The molecule has 0 amide bonds. The van der Waals surface area contributed by atoms with Crippen molar-refractivity contribution in [1.29, 1.82) is 0 Å². The number of rotatable bonds is 2. The molecule has 1 aliphatic heterocycles. The molecule has 0 spiro atoms. The predicted octanol–water partition coefficient (Wildman–Crippen LogP) is 3.98. The fourth-order valence-electron chi connectivity index (χ4n) is 3.62. The van der Waals surface area contributed by atoms with Gasteiger partial charge in [0.25, 0.3) is 0 Å². The van der Waals surface area contributed by atoms with Crippen LogP contribution in [0, 0.1) is 0 Å². The summed E-state index contributed by atoms with van der Waals surface area (Å²) in [5, 5.41) is 3.35. The number of aromatic nitrogens is 2. The Kier molecular flexibility index (Phi) is 3.11. The fourth-order valence-corrected chi connectivity index (χ4v) is 4.89. The number of nitrogens with zero attached hydrogens (tertiary/aromatic N) is 3. The number of aryl methyl sites for hydroxylation is 2. The van der Waals surface area contributed by atoms with E-state index in [4.69, 9.17) is 14.8 Å². The van der Waals surface area contributed by atoms with E-state index in [2.05, 4.69) is 5.06 Å². The van der Waals surface area contributed by atoms with Crippen LogP contribution in [0.1, 0.15) is 60.7 Å². The maximum atomic E-state index is 5.94. The lowest BCUT2D eigenvalue weighted by atomic mass is 9.97. The van der Waals surface area contributed by atoms with E-state index in [1.54, 1.807) is 4.88 Å². The Labute approximate surface area is 134 Å². The zero-order valence-corrected chi connectivity index (χ0v) is 13.6. The smallest absolute Gasteiger partial charge is 0.165 e. The first-order chi connectivity index (χ1) is 10.9. The highest BCUT2D eigenvalue weighted by Crippen LogP contribution is 2.44. The zero-order valence-electron chi connectivity index (χ0n) is 12.8. The molecule has 4 nitrogen and oxygen atoms in total. The topological polar surface area (TPSA) is 38.2 Å². The van der Waals surface area contributed by atoms with E-state index in [-0.39, 0.29) is 0 Å². The minimum absolute atomic E-state index is 0.590. The molecule has 2 aromatic heterocycles. The number of fused-ring (bicyclic) bond motifs is 3. The molecule has 3 aliphatic rings. The molecule has 0 aromatic carbocycles. The van der Waals surface area contributed by atoms with Crippen molar-refractivity contribution in [2.45, 2.75) is 57.3 Å². The van der Waals surface area contributed by atoms with Gasteiger partial charge in [-0.2, -0.15) is 0 Å². The van der Waals surface area contributed by atoms with Crippen LogP contribution < -0.4 is 5.06 Å². The molecule has 0 bridgehead atoms. The largest absolute Gasteiger partial charge is 0.272 e. The maximum absolute atomic E-state index is 5.94. The van der Waals surface area contributed by atoms with Gasteiger partial charge in [0.2, 0.25) is 0 Å². The monoisotopic (exact) mass is 315 g/mol. The van der Waals surface area contributed by atoms with Crippen molar-refractivity contribution < 1.29 is 4.84 Å². The van der Waals surface area contributed by atoms with Crippen molar-refractivity contribution in [2.24, 2.45) is 0 Å². The van der Waals surface area contributed by atoms with Gasteiger partial charge in [-0.1, -0.05) is 0 Å². The summed E-state index contributed by atoms with van der Waals surface area (Å²) < 4.78 is 0. The van der Waals surface area contributed by atoms with E-state index >= 15 is 0 Å². The second-order valence-electron chi connectivity index (χ2n) is 6.71. The first-order valence-corrected chi connectivity index (χ1v) is 9.44. The van der Waals surface area contributed by atoms with Gasteiger partial charge in [-0.15, -0.1) is 11.3 Å². The van der Waals surface area contributed by atoms with Crippen LogP contribution in [0.2, 0.25) is 0 Å². The molecule has 5 rings (SSSR count). The van der Waals surface area contributed by atoms with Gasteiger partial charge in [-0.25, -0.2) is 15.0 Å². The summed E-state index contributed by atoms with van der Waals surface area (Å²) in [5.41, 5.74) is 1.51. The summed E-state index contributed by atoms with van der Waals surface area (Å²) in [4.78, 5) is 18.6. The lowest BCUT2D eigenvalue weighted by molar-refractivity contribution is 0.0766. The number of hydroxylamine groups is 1. The normalized spacial score (nSPS) is 22.1. The summed E-state index contributed by atoms with van der Waals surface area (Å²) >= 11 is 1.90. The molecule has 0 N–H and O–H groups in total. The molecular formula is C17H21N3OS. The Morgan fingerprint density at radius 2 is 1.95 bits per heavy atom. The summed E-state index contributed by atoms with van der Waals surface area (Å²) in [6, 6.07) is 0. The summed E-state index contributed by atoms with van der Waals surface area (Å²) in [5.74, 6) is 2.70. The predicted molar refractivity (Wildman–Crippen MR) is 88.6 cm³/mol. The highest BCUT2D eigenvalue weighted by Gasteiger charge is 2.31. The minimum atomic E-state index is 0.590. The van der Waals surface area contributed by atoms with E-state index < -0.39 is 0 Å². The molecule has 22 heavy (non-hydrogen) atoms. The highest BCUT2D eigenvalue weighted by molar-refractivity contribution is 7.19. The molecule has 1 saturated heterocycles. The third-order valence-electron chi connectivity index (χ3n) is 4.99. The van der Waals surface area contributed by atoms with Crippen molar-refractivity contribution in [3.63, 3.8) is 0 Å². The van der Waals surface area contributed by atoms with Gasteiger partial charge in [-0.3, -0.25) is 4.84 Å². The van der Waals surface area contributed by atoms with E-state index in [0.717, 1.165) is 31.2 Å². The van der Waals surface area contributed by atoms with Gasteiger partial charge in [0.15, 0.2) is 5.82 Å².